The van der Waals surface area contributed by atoms with Crippen LogP contribution in [0.5, 0.6) is 5.75 Å². The Labute approximate surface area is 192 Å². The molecule has 174 valence electrons. The van der Waals surface area contributed by atoms with Crippen LogP contribution in [0.15, 0.2) is 53.0 Å². The van der Waals surface area contributed by atoms with E-state index in [0.717, 1.165) is 11.1 Å². The van der Waals surface area contributed by atoms with Gasteiger partial charge < -0.3 is 14.2 Å². The van der Waals surface area contributed by atoms with E-state index in [4.69, 9.17) is 14.2 Å². The molecule has 0 unspecified atom stereocenters. The van der Waals surface area contributed by atoms with Gasteiger partial charge in [0.1, 0.15) is 37.8 Å². The molecule has 0 amide bonds. The predicted molar refractivity (Wildman–Crippen MR) is 121 cm³/mol. The largest absolute Gasteiger partial charge is 0.488 e. The summed E-state index contributed by atoms with van der Waals surface area (Å²) in [4.78, 5) is 17.3. The van der Waals surface area contributed by atoms with Crippen LogP contribution in [0, 0.1) is 5.82 Å². The number of ether oxygens (including phenoxy) is 3. The van der Waals surface area contributed by atoms with Gasteiger partial charge in [0.15, 0.2) is 0 Å². The summed E-state index contributed by atoms with van der Waals surface area (Å²) in [5, 5.41) is 10.6. The van der Waals surface area contributed by atoms with E-state index in [0.29, 0.717) is 67.6 Å². The summed E-state index contributed by atoms with van der Waals surface area (Å²) in [5.74, 6) is -0.221. The van der Waals surface area contributed by atoms with Crippen LogP contribution in [0.25, 0.3) is 5.57 Å². The van der Waals surface area contributed by atoms with E-state index >= 15 is 0 Å². The van der Waals surface area contributed by atoms with Crippen molar-refractivity contribution in [3.8, 4) is 5.75 Å². The molecule has 1 N–H and O–H groups in total. The lowest BCUT2D eigenvalue weighted by Crippen LogP contribution is -2.54. The van der Waals surface area contributed by atoms with Crippen LogP contribution in [0.1, 0.15) is 23.6 Å². The van der Waals surface area contributed by atoms with Crippen molar-refractivity contribution in [2.45, 2.75) is 6.92 Å². The van der Waals surface area contributed by atoms with Crippen molar-refractivity contribution in [3.05, 3.63) is 70.5 Å². The first kappa shape index (κ1) is 23.1. The number of nitrogens with zero attached hydrogens (tertiary/aromatic N) is 2. The highest BCUT2D eigenvalue weighted by molar-refractivity contribution is 6.37. The Hall–Kier alpha value is -3.07. The highest BCUT2D eigenvalue weighted by Gasteiger charge is 2.34. The van der Waals surface area contributed by atoms with E-state index in [2.05, 4.69) is 4.99 Å². The number of hydrogen-bond acceptors (Lipinski definition) is 6. The third kappa shape index (κ3) is 4.83. The molecule has 33 heavy (non-hydrogen) atoms. The Bertz CT molecular complexity index is 1090. The van der Waals surface area contributed by atoms with E-state index in [1.54, 1.807) is 26.1 Å². The third-order valence-corrected chi connectivity index (χ3v) is 5.92. The molecule has 0 radical (unpaired) electrons. The first-order valence-corrected chi connectivity index (χ1v) is 11.0. The quantitative estimate of drug-likeness (QED) is 0.512. The van der Waals surface area contributed by atoms with Gasteiger partial charge in [-0.2, -0.15) is 4.65 Å². The van der Waals surface area contributed by atoms with Crippen molar-refractivity contribution >= 4 is 17.3 Å². The number of aliphatic imine (C=N–C) groups is 1. The van der Waals surface area contributed by atoms with Crippen molar-refractivity contribution in [3.63, 3.8) is 0 Å². The normalized spacial score (nSPS) is 18.4. The van der Waals surface area contributed by atoms with E-state index in [1.807, 2.05) is 18.2 Å². The molecule has 0 aromatic heterocycles. The fourth-order valence-corrected chi connectivity index (χ4v) is 4.21. The van der Waals surface area contributed by atoms with Gasteiger partial charge in [-0.15, -0.1) is 0 Å². The molecule has 1 aliphatic heterocycles. The lowest BCUT2D eigenvalue weighted by molar-refractivity contribution is -1.11. The number of morpholine rings is 1. The monoisotopic (exact) mass is 455 g/mol. The first-order chi connectivity index (χ1) is 16.0. The molecule has 7 nitrogen and oxygen atoms in total. The SMILES string of the molecule is CCOC(=O)C1=C(c2ccc(F)cc2)c2ccc(OCC[N+]3(O)CCOCC3)cc2C1=NC. The second kappa shape index (κ2) is 9.82. The maximum atomic E-state index is 13.5. The molecule has 2 aromatic carbocycles. The standard InChI is InChI=1S/C25H28FN2O5/c1-3-32-25(29)23-22(17-4-6-18(26)7-5-17)20-9-8-19(16-21(20)24(23)27-2)33-15-12-28(30)10-13-31-14-11-28/h4-9,16,30H,3,10-15H2,1-2H3/q+1. The smallest absolute Gasteiger partial charge is 0.340 e. The Morgan fingerprint density at radius 3 is 2.55 bits per heavy atom. The van der Waals surface area contributed by atoms with Crippen LogP contribution in [-0.2, 0) is 14.3 Å². The lowest BCUT2D eigenvalue weighted by Gasteiger charge is -2.33. The molecule has 0 saturated carbocycles. The number of hydroxylamine groups is 3. The number of carbonyl (C=O) groups is 1. The molecule has 2 aromatic rings. The van der Waals surface area contributed by atoms with Crippen molar-refractivity contribution in [1.82, 2.24) is 0 Å². The molecule has 4 rings (SSSR count). The summed E-state index contributed by atoms with van der Waals surface area (Å²) >= 11 is 0. The highest BCUT2D eigenvalue weighted by atomic mass is 19.1. The lowest BCUT2D eigenvalue weighted by atomic mass is 9.97. The van der Waals surface area contributed by atoms with Gasteiger partial charge in [0.25, 0.3) is 0 Å². The maximum absolute atomic E-state index is 13.5. The fraction of sp³-hybridized carbons (Fsp3) is 0.360. The number of quaternary nitrogens is 1. The van der Waals surface area contributed by atoms with E-state index in [9.17, 15) is 14.4 Å². The molecular formula is C25H28FN2O5+. The fourth-order valence-electron chi connectivity index (χ4n) is 4.21. The minimum atomic E-state index is -0.477. The number of halogens is 1. The van der Waals surface area contributed by atoms with Gasteiger partial charge in [0.05, 0.1) is 31.1 Å². The van der Waals surface area contributed by atoms with Crippen LogP contribution in [0.2, 0.25) is 0 Å². The van der Waals surface area contributed by atoms with E-state index in [1.165, 1.54) is 12.1 Å². The molecular weight excluding hydrogens is 427 g/mol. The summed E-state index contributed by atoms with van der Waals surface area (Å²) in [6.07, 6.45) is 0. The summed E-state index contributed by atoms with van der Waals surface area (Å²) in [5.41, 5.74) is 3.77. The van der Waals surface area contributed by atoms with Crippen LogP contribution < -0.4 is 4.74 Å². The van der Waals surface area contributed by atoms with Crippen LogP contribution in [-0.4, -0.2) is 74.6 Å². The summed E-state index contributed by atoms with van der Waals surface area (Å²) in [6.45, 7) is 4.88. The molecule has 2 aliphatic rings. The third-order valence-electron chi connectivity index (χ3n) is 5.92. The summed E-state index contributed by atoms with van der Waals surface area (Å²) in [7, 11) is 1.62. The Morgan fingerprint density at radius 1 is 1.15 bits per heavy atom. The Kier molecular flexibility index (Phi) is 6.88. The van der Waals surface area contributed by atoms with Gasteiger partial charge >= 0.3 is 5.97 Å². The molecule has 0 atom stereocenters. The minimum absolute atomic E-state index is 0.0735. The van der Waals surface area contributed by atoms with Gasteiger partial charge in [0, 0.05) is 18.2 Å². The van der Waals surface area contributed by atoms with Gasteiger partial charge in [-0.05, 0) is 48.4 Å². The second-order valence-electron chi connectivity index (χ2n) is 7.98. The number of esters is 1. The average Bonchev–Trinajstić information content (AvgIpc) is 3.14. The van der Waals surface area contributed by atoms with Gasteiger partial charge in [-0.3, -0.25) is 4.99 Å². The zero-order valence-corrected chi connectivity index (χ0v) is 18.8. The van der Waals surface area contributed by atoms with Crippen LogP contribution in [0.4, 0.5) is 4.39 Å². The zero-order chi connectivity index (χ0) is 23.4. The van der Waals surface area contributed by atoms with Crippen LogP contribution in [0.3, 0.4) is 0 Å². The molecule has 0 spiro atoms. The number of rotatable bonds is 7. The summed E-state index contributed by atoms with van der Waals surface area (Å²) in [6, 6.07) is 11.6. The average molecular weight is 456 g/mol. The summed E-state index contributed by atoms with van der Waals surface area (Å²) < 4.78 is 30.0. The number of fused-ring (bicyclic) bond motifs is 1. The van der Waals surface area contributed by atoms with Gasteiger partial charge in [-0.25, -0.2) is 14.4 Å². The molecule has 1 aliphatic carbocycles. The number of benzene rings is 2. The van der Waals surface area contributed by atoms with Crippen molar-refractivity contribution in [2.75, 3.05) is 53.1 Å². The van der Waals surface area contributed by atoms with Crippen molar-refractivity contribution in [2.24, 2.45) is 4.99 Å². The van der Waals surface area contributed by atoms with E-state index < -0.39 is 5.97 Å². The molecule has 1 saturated heterocycles. The Morgan fingerprint density at radius 2 is 1.88 bits per heavy atom. The topological polar surface area (TPSA) is 77.4 Å². The number of hydrogen-bond donors (Lipinski definition) is 1. The zero-order valence-electron chi connectivity index (χ0n) is 18.8. The minimum Gasteiger partial charge on any atom is -0.488 e. The Balaban J connectivity index is 1.64. The maximum Gasteiger partial charge on any atom is 0.340 e. The molecule has 1 fully saturated rings. The second-order valence-corrected chi connectivity index (χ2v) is 7.98. The van der Waals surface area contributed by atoms with Crippen LogP contribution >= 0.6 is 0 Å². The first-order valence-electron chi connectivity index (χ1n) is 11.0. The highest BCUT2D eigenvalue weighted by Crippen LogP contribution is 2.40. The van der Waals surface area contributed by atoms with Crippen molar-refractivity contribution < 1.29 is 33.2 Å². The van der Waals surface area contributed by atoms with E-state index in [-0.39, 0.29) is 17.1 Å². The van der Waals surface area contributed by atoms with Gasteiger partial charge in [0.2, 0.25) is 0 Å². The number of carbonyl (C=O) groups excluding carboxylic acids is 1. The molecule has 8 heteroatoms. The predicted octanol–water partition coefficient (Wildman–Crippen LogP) is 3.24. The molecule has 1 heterocycles. The molecule has 0 bridgehead atoms. The van der Waals surface area contributed by atoms with Gasteiger partial charge in [-0.1, -0.05) is 12.1 Å². The van der Waals surface area contributed by atoms with Crippen molar-refractivity contribution in [1.29, 1.82) is 0 Å².